The van der Waals surface area contributed by atoms with Crippen LogP contribution in [-0.2, 0) is 16.1 Å². The fraction of sp³-hybridized carbons (Fsp3) is 0.462. The highest BCUT2D eigenvalue weighted by atomic mass is 19.4. The Labute approximate surface area is 114 Å². The SMILES string of the molecule is COC(=O)C(C)(C)NCc1ccc(OC(F)(F)F)cc1. The minimum Gasteiger partial charge on any atom is -0.468 e. The lowest BCUT2D eigenvalue weighted by Gasteiger charge is -2.23. The number of hydrogen-bond donors (Lipinski definition) is 1. The standard InChI is InChI=1S/C13H16F3NO3/c1-12(2,11(18)19-3)17-8-9-4-6-10(7-5-9)20-13(14,15)16/h4-7,17H,8H2,1-3H3. The van der Waals surface area contributed by atoms with Crippen molar-refractivity contribution in [1.29, 1.82) is 0 Å². The first-order valence-corrected chi connectivity index (χ1v) is 5.82. The molecule has 0 aromatic heterocycles. The van der Waals surface area contributed by atoms with Crippen molar-refractivity contribution < 1.29 is 27.4 Å². The normalized spacial score (nSPS) is 12.1. The number of esters is 1. The molecule has 1 aromatic carbocycles. The van der Waals surface area contributed by atoms with Crippen LogP contribution in [0.1, 0.15) is 19.4 Å². The second-order valence-corrected chi connectivity index (χ2v) is 4.66. The molecule has 1 aromatic rings. The Morgan fingerprint density at radius 3 is 2.20 bits per heavy atom. The number of carbonyl (C=O) groups excluding carboxylic acids is 1. The van der Waals surface area contributed by atoms with Crippen molar-refractivity contribution in [2.75, 3.05) is 7.11 Å². The third-order valence-corrected chi connectivity index (χ3v) is 2.59. The molecule has 0 atom stereocenters. The Bertz CT molecular complexity index is 455. The van der Waals surface area contributed by atoms with Crippen molar-refractivity contribution in [2.24, 2.45) is 0 Å². The fourth-order valence-electron chi connectivity index (χ4n) is 1.46. The maximum atomic E-state index is 12.0. The summed E-state index contributed by atoms with van der Waals surface area (Å²) in [5.41, 5.74) is -0.160. The summed E-state index contributed by atoms with van der Waals surface area (Å²) >= 11 is 0. The van der Waals surface area contributed by atoms with E-state index in [1.54, 1.807) is 13.8 Å². The Morgan fingerprint density at radius 1 is 1.20 bits per heavy atom. The molecule has 7 heteroatoms. The number of halogens is 3. The lowest BCUT2D eigenvalue weighted by molar-refractivity contribution is -0.274. The van der Waals surface area contributed by atoms with Crippen LogP contribution in [0.4, 0.5) is 13.2 Å². The number of alkyl halides is 3. The lowest BCUT2D eigenvalue weighted by Crippen LogP contribution is -2.46. The Hall–Kier alpha value is -1.76. The highest BCUT2D eigenvalue weighted by Gasteiger charge is 2.31. The molecule has 0 aliphatic rings. The van der Waals surface area contributed by atoms with Gasteiger partial charge in [0.05, 0.1) is 7.11 Å². The zero-order valence-corrected chi connectivity index (χ0v) is 11.4. The van der Waals surface area contributed by atoms with Crippen LogP contribution in [0, 0.1) is 0 Å². The molecular weight excluding hydrogens is 275 g/mol. The second kappa shape index (κ2) is 6.13. The topological polar surface area (TPSA) is 47.6 Å². The molecule has 0 saturated carbocycles. The van der Waals surface area contributed by atoms with E-state index >= 15 is 0 Å². The van der Waals surface area contributed by atoms with Gasteiger partial charge < -0.3 is 9.47 Å². The molecular formula is C13H16F3NO3. The van der Waals surface area contributed by atoms with Gasteiger partial charge in [-0.1, -0.05) is 12.1 Å². The van der Waals surface area contributed by atoms with Gasteiger partial charge in [-0.05, 0) is 31.5 Å². The van der Waals surface area contributed by atoms with Gasteiger partial charge in [-0.2, -0.15) is 0 Å². The van der Waals surface area contributed by atoms with Crippen molar-refractivity contribution in [1.82, 2.24) is 5.32 Å². The maximum absolute atomic E-state index is 12.0. The van der Waals surface area contributed by atoms with Crippen molar-refractivity contribution in [3.05, 3.63) is 29.8 Å². The summed E-state index contributed by atoms with van der Waals surface area (Å²) in [5.74, 6) is -0.706. The molecule has 0 heterocycles. The molecule has 0 bridgehead atoms. The van der Waals surface area contributed by atoms with E-state index in [-0.39, 0.29) is 5.75 Å². The highest BCUT2D eigenvalue weighted by molar-refractivity contribution is 5.79. The van der Waals surface area contributed by atoms with E-state index < -0.39 is 17.9 Å². The van der Waals surface area contributed by atoms with Crippen LogP contribution in [0.3, 0.4) is 0 Å². The van der Waals surface area contributed by atoms with Crippen LogP contribution in [-0.4, -0.2) is 25.0 Å². The number of rotatable bonds is 5. The summed E-state index contributed by atoms with van der Waals surface area (Å²) in [7, 11) is 1.29. The lowest BCUT2D eigenvalue weighted by atomic mass is 10.1. The third-order valence-electron chi connectivity index (χ3n) is 2.59. The molecule has 0 spiro atoms. The second-order valence-electron chi connectivity index (χ2n) is 4.66. The summed E-state index contributed by atoms with van der Waals surface area (Å²) in [6.45, 7) is 3.62. The maximum Gasteiger partial charge on any atom is 0.573 e. The van der Waals surface area contributed by atoms with E-state index in [1.165, 1.54) is 31.4 Å². The molecule has 0 saturated heterocycles. The van der Waals surface area contributed by atoms with Crippen molar-refractivity contribution in [2.45, 2.75) is 32.3 Å². The monoisotopic (exact) mass is 291 g/mol. The quantitative estimate of drug-likeness (QED) is 0.847. The first-order chi connectivity index (χ1) is 9.14. The first-order valence-electron chi connectivity index (χ1n) is 5.82. The van der Waals surface area contributed by atoms with Crippen LogP contribution in [0.15, 0.2) is 24.3 Å². The molecule has 1 rings (SSSR count). The summed E-state index contributed by atoms with van der Waals surface area (Å²) < 4.78 is 44.4. The van der Waals surface area contributed by atoms with Gasteiger partial charge in [0.1, 0.15) is 11.3 Å². The van der Waals surface area contributed by atoms with Crippen LogP contribution in [0.2, 0.25) is 0 Å². The first kappa shape index (κ1) is 16.3. The molecule has 0 fully saturated rings. The molecule has 4 nitrogen and oxygen atoms in total. The van der Waals surface area contributed by atoms with E-state index in [1.807, 2.05) is 0 Å². The molecule has 0 amide bonds. The number of ether oxygens (including phenoxy) is 2. The van der Waals surface area contributed by atoms with Gasteiger partial charge in [-0.15, -0.1) is 13.2 Å². The van der Waals surface area contributed by atoms with E-state index in [0.29, 0.717) is 6.54 Å². The molecule has 0 radical (unpaired) electrons. The predicted octanol–water partition coefficient (Wildman–Crippen LogP) is 2.63. The van der Waals surface area contributed by atoms with Gasteiger partial charge in [0.15, 0.2) is 0 Å². The van der Waals surface area contributed by atoms with Gasteiger partial charge >= 0.3 is 12.3 Å². The van der Waals surface area contributed by atoms with Crippen molar-refractivity contribution in [3.63, 3.8) is 0 Å². The predicted molar refractivity (Wildman–Crippen MR) is 66.1 cm³/mol. The number of carbonyl (C=O) groups is 1. The summed E-state index contributed by atoms with van der Waals surface area (Å²) in [5, 5.41) is 2.96. The largest absolute Gasteiger partial charge is 0.573 e. The van der Waals surface area contributed by atoms with E-state index in [4.69, 9.17) is 0 Å². The average molecular weight is 291 g/mol. The van der Waals surface area contributed by atoms with Gasteiger partial charge in [0.25, 0.3) is 0 Å². The van der Waals surface area contributed by atoms with Crippen LogP contribution < -0.4 is 10.1 Å². The third kappa shape index (κ3) is 5.08. The van der Waals surface area contributed by atoms with Gasteiger partial charge in [-0.3, -0.25) is 10.1 Å². The minimum absolute atomic E-state index is 0.284. The van der Waals surface area contributed by atoms with Crippen LogP contribution >= 0.6 is 0 Å². The van der Waals surface area contributed by atoms with Crippen LogP contribution in [0.5, 0.6) is 5.75 Å². The van der Waals surface area contributed by atoms with Crippen molar-refractivity contribution >= 4 is 5.97 Å². The minimum atomic E-state index is -4.70. The van der Waals surface area contributed by atoms with Gasteiger partial charge in [0, 0.05) is 6.54 Å². The smallest absolute Gasteiger partial charge is 0.468 e. The van der Waals surface area contributed by atoms with Crippen LogP contribution in [0.25, 0.3) is 0 Å². The molecule has 0 unspecified atom stereocenters. The molecule has 1 N–H and O–H groups in total. The summed E-state index contributed by atoms with van der Waals surface area (Å²) in [6, 6.07) is 5.41. The summed E-state index contributed by atoms with van der Waals surface area (Å²) in [4.78, 5) is 11.4. The van der Waals surface area contributed by atoms with E-state index in [9.17, 15) is 18.0 Å². The Morgan fingerprint density at radius 2 is 1.75 bits per heavy atom. The number of methoxy groups -OCH3 is 1. The average Bonchev–Trinajstić information content (AvgIpc) is 2.35. The fourth-order valence-corrected chi connectivity index (χ4v) is 1.46. The summed E-state index contributed by atoms with van der Waals surface area (Å²) in [6.07, 6.45) is -4.70. The number of benzene rings is 1. The highest BCUT2D eigenvalue weighted by Crippen LogP contribution is 2.22. The van der Waals surface area contributed by atoms with Crippen molar-refractivity contribution in [3.8, 4) is 5.75 Å². The number of hydrogen-bond acceptors (Lipinski definition) is 4. The van der Waals surface area contributed by atoms with Gasteiger partial charge in [-0.25, -0.2) is 0 Å². The molecule has 0 aliphatic carbocycles. The zero-order valence-electron chi connectivity index (χ0n) is 11.4. The van der Waals surface area contributed by atoms with E-state index in [0.717, 1.165) is 5.56 Å². The molecule has 112 valence electrons. The Balaban J connectivity index is 2.60. The molecule has 20 heavy (non-hydrogen) atoms. The molecule has 0 aliphatic heterocycles. The number of nitrogens with one attached hydrogen (secondary N) is 1. The van der Waals surface area contributed by atoms with E-state index in [2.05, 4.69) is 14.8 Å². The van der Waals surface area contributed by atoms with Gasteiger partial charge in [0.2, 0.25) is 0 Å². The Kier molecular flexibility index (Phi) is 4.99. The zero-order chi connectivity index (χ0) is 15.4.